The predicted molar refractivity (Wildman–Crippen MR) is 91.3 cm³/mol. The first kappa shape index (κ1) is 20.5. The Hall–Kier alpha value is -2.85. The van der Waals surface area contributed by atoms with Gasteiger partial charge < -0.3 is 9.90 Å². The first-order valence-corrected chi connectivity index (χ1v) is 9.33. The van der Waals surface area contributed by atoms with E-state index in [9.17, 15) is 32.8 Å². The second-order valence-corrected chi connectivity index (χ2v) is 7.59. The third-order valence-electron chi connectivity index (χ3n) is 3.78. The fourth-order valence-electron chi connectivity index (χ4n) is 2.39. The molecule has 0 radical (unpaired) electrons. The summed E-state index contributed by atoms with van der Waals surface area (Å²) in [6.07, 6.45) is -0.382. The normalized spacial score (nSPS) is 11.5. The average molecular weight is 395 g/mol. The quantitative estimate of drug-likeness (QED) is 0.468. The number of nitro benzene ring substituents is 1. The summed E-state index contributed by atoms with van der Waals surface area (Å²) in [6, 6.07) is 9.89. The van der Waals surface area contributed by atoms with E-state index in [-0.39, 0.29) is 42.1 Å². The number of non-ortho nitro benzene ring substituents is 1. The van der Waals surface area contributed by atoms with Gasteiger partial charge in [0.05, 0.1) is 9.82 Å². The zero-order chi connectivity index (χ0) is 20.0. The molecule has 2 rings (SSSR count). The molecule has 0 amide bonds. The van der Waals surface area contributed by atoms with Crippen molar-refractivity contribution in [3.05, 3.63) is 70.0 Å². The molecule has 0 N–H and O–H groups in total. The number of carbonyl (C=O) groups excluding carboxylic acids is 1. The van der Waals surface area contributed by atoms with E-state index < -0.39 is 26.7 Å². The molecule has 8 nitrogen and oxygen atoms in total. The topological polar surface area (TPSA) is 121 Å². The molecule has 10 heteroatoms. The van der Waals surface area contributed by atoms with Crippen LogP contribution in [-0.2, 0) is 21.4 Å². The number of sulfonamides is 1. The number of carboxylic acids is 1. The van der Waals surface area contributed by atoms with Crippen molar-refractivity contribution in [2.24, 2.45) is 0 Å². The van der Waals surface area contributed by atoms with Crippen LogP contribution in [0.3, 0.4) is 0 Å². The Morgan fingerprint density at radius 3 is 2.30 bits per heavy atom. The molecule has 0 bridgehead atoms. The molecule has 0 heterocycles. The summed E-state index contributed by atoms with van der Waals surface area (Å²) >= 11 is 0. The highest BCUT2D eigenvalue weighted by molar-refractivity contribution is 7.89. The summed E-state index contributed by atoms with van der Waals surface area (Å²) in [4.78, 5) is 20.5. The van der Waals surface area contributed by atoms with Crippen LogP contribution in [0.15, 0.2) is 53.4 Å². The lowest BCUT2D eigenvalue weighted by atomic mass is 10.2. The van der Waals surface area contributed by atoms with E-state index in [2.05, 4.69) is 0 Å². The lowest BCUT2D eigenvalue weighted by molar-refractivity contribution is -0.384. The molecule has 0 saturated heterocycles. The summed E-state index contributed by atoms with van der Waals surface area (Å²) in [5, 5.41) is 21.3. The van der Waals surface area contributed by atoms with Gasteiger partial charge in [-0.1, -0.05) is 18.2 Å². The average Bonchev–Trinajstić information content (AvgIpc) is 2.62. The lowest BCUT2D eigenvalue weighted by Crippen LogP contribution is -2.33. The number of halogens is 1. The van der Waals surface area contributed by atoms with Gasteiger partial charge in [-0.3, -0.25) is 10.1 Å². The monoisotopic (exact) mass is 395 g/mol. The van der Waals surface area contributed by atoms with Gasteiger partial charge in [0.25, 0.3) is 5.69 Å². The van der Waals surface area contributed by atoms with Crippen molar-refractivity contribution in [1.82, 2.24) is 4.31 Å². The van der Waals surface area contributed by atoms with E-state index >= 15 is 0 Å². The third kappa shape index (κ3) is 5.31. The van der Waals surface area contributed by atoms with Gasteiger partial charge >= 0.3 is 0 Å². The van der Waals surface area contributed by atoms with Crippen LogP contribution in [0.25, 0.3) is 0 Å². The maximum absolute atomic E-state index is 13.9. The second kappa shape index (κ2) is 8.69. The van der Waals surface area contributed by atoms with Gasteiger partial charge in [-0.25, -0.2) is 12.8 Å². The van der Waals surface area contributed by atoms with Crippen molar-refractivity contribution in [3.8, 4) is 0 Å². The van der Waals surface area contributed by atoms with Crippen LogP contribution in [0.5, 0.6) is 0 Å². The fraction of sp³-hybridized carbons (Fsp3) is 0.235. The largest absolute Gasteiger partial charge is 0.550 e. The van der Waals surface area contributed by atoms with Gasteiger partial charge in [-0.05, 0) is 31.0 Å². The smallest absolute Gasteiger partial charge is 0.269 e. The molecule has 0 unspecified atom stereocenters. The summed E-state index contributed by atoms with van der Waals surface area (Å²) in [5.74, 6) is -1.92. The van der Waals surface area contributed by atoms with Gasteiger partial charge in [-0.2, -0.15) is 4.31 Å². The van der Waals surface area contributed by atoms with Crippen molar-refractivity contribution < 1.29 is 27.6 Å². The molecule has 27 heavy (non-hydrogen) atoms. The first-order chi connectivity index (χ1) is 12.7. The minimum Gasteiger partial charge on any atom is -0.550 e. The second-order valence-electron chi connectivity index (χ2n) is 5.66. The molecule has 0 aliphatic heterocycles. The van der Waals surface area contributed by atoms with Crippen molar-refractivity contribution >= 4 is 21.7 Å². The van der Waals surface area contributed by atoms with Crippen LogP contribution in [0, 0.1) is 15.9 Å². The van der Waals surface area contributed by atoms with Crippen LogP contribution in [0.4, 0.5) is 10.1 Å². The molecule has 0 aliphatic carbocycles. The van der Waals surface area contributed by atoms with E-state index in [0.29, 0.717) is 0 Å². The van der Waals surface area contributed by atoms with Crippen molar-refractivity contribution in [3.63, 3.8) is 0 Å². The maximum atomic E-state index is 13.9. The van der Waals surface area contributed by atoms with Gasteiger partial charge in [0.15, 0.2) is 0 Å². The van der Waals surface area contributed by atoms with E-state index in [1.165, 1.54) is 18.2 Å². The molecule has 0 fully saturated rings. The number of nitrogens with zero attached hydrogens (tertiary/aromatic N) is 2. The third-order valence-corrected chi connectivity index (χ3v) is 5.64. The molecular weight excluding hydrogens is 379 g/mol. The number of carboxylic acid groups (broad SMARTS) is 1. The first-order valence-electron chi connectivity index (χ1n) is 7.89. The maximum Gasteiger partial charge on any atom is 0.269 e. The van der Waals surface area contributed by atoms with Gasteiger partial charge in [-0.15, -0.1) is 0 Å². The molecule has 0 aliphatic rings. The SMILES string of the molecule is O=C([O-])CCCN(Cc1ccccc1F)S(=O)(=O)c1ccc([N+](=O)[O-])cc1. The Balaban J connectivity index is 2.33. The minimum absolute atomic E-state index is 0.0248. The minimum atomic E-state index is -4.13. The van der Waals surface area contributed by atoms with Gasteiger partial charge in [0.2, 0.25) is 10.0 Å². The van der Waals surface area contributed by atoms with Gasteiger partial charge in [0, 0.05) is 36.8 Å². The van der Waals surface area contributed by atoms with E-state index in [0.717, 1.165) is 28.6 Å². The van der Waals surface area contributed by atoms with E-state index in [4.69, 9.17) is 0 Å². The van der Waals surface area contributed by atoms with Crippen LogP contribution in [-0.4, -0.2) is 30.2 Å². The highest BCUT2D eigenvalue weighted by atomic mass is 32.2. The summed E-state index contributed by atoms with van der Waals surface area (Å²) < 4.78 is 40.6. The molecule has 2 aromatic rings. The number of aliphatic carboxylic acids is 1. The predicted octanol–water partition coefficient (Wildman–Crippen LogP) is 1.45. The number of carbonyl (C=O) groups is 1. The van der Waals surface area contributed by atoms with Crippen LogP contribution in [0.1, 0.15) is 18.4 Å². The van der Waals surface area contributed by atoms with Crippen molar-refractivity contribution in [2.75, 3.05) is 6.54 Å². The summed E-state index contributed by atoms with van der Waals surface area (Å²) in [7, 11) is -4.13. The number of nitro groups is 1. The van der Waals surface area contributed by atoms with Crippen LogP contribution < -0.4 is 5.11 Å². The molecular formula is C17H16FN2O6S-. The lowest BCUT2D eigenvalue weighted by Gasteiger charge is -2.22. The number of rotatable bonds is 9. The number of hydrogen-bond acceptors (Lipinski definition) is 6. The molecule has 0 spiro atoms. The summed E-state index contributed by atoms with van der Waals surface area (Å²) in [5.41, 5.74) is -0.150. The molecule has 0 aromatic heterocycles. The van der Waals surface area contributed by atoms with Crippen molar-refractivity contribution in [2.45, 2.75) is 24.3 Å². The van der Waals surface area contributed by atoms with Crippen LogP contribution in [0.2, 0.25) is 0 Å². The zero-order valence-electron chi connectivity index (χ0n) is 14.1. The van der Waals surface area contributed by atoms with E-state index in [1.54, 1.807) is 6.07 Å². The zero-order valence-corrected chi connectivity index (χ0v) is 14.9. The van der Waals surface area contributed by atoms with Crippen LogP contribution >= 0.6 is 0 Å². The standard InChI is InChI=1S/C17H17FN2O6S/c18-16-5-2-1-4-13(16)12-19(11-3-6-17(21)22)27(25,26)15-9-7-14(8-10-15)20(23)24/h1-2,4-5,7-10H,3,6,11-12H2,(H,21,22)/p-1. The number of benzene rings is 2. The number of hydrogen-bond donors (Lipinski definition) is 0. The summed E-state index contributed by atoms with van der Waals surface area (Å²) in [6.45, 7) is -0.485. The fourth-order valence-corrected chi connectivity index (χ4v) is 3.85. The Labute approximate surface area is 155 Å². The Bertz CT molecular complexity index is 931. The molecule has 0 saturated carbocycles. The van der Waals surface area contributed by atoms with Crippen molar-refractivity contribution in [1.29, 1.82) is 0 Å². The van der Waals surface area contributed by atoms with Gasteiger partial charge in [0.1, 0.15) is 5.82 Å². The Kier molecular flexibility index (Phi) is 6.59. The van der Waals surface area contributed by atoms with E-state index in [1.807, 2.05) is 0 Å². The molecule has 2 aromatic carbocycles. The Morgan fingerprint density at radius 1 is 1.11 bits per heavy atom. The highest BCUT2D eigenvalue weighted by Gasteiger charge is 2.26. The Morgan fingerprint density at radius 2 is 1.74 bits per heavy atom. The highest BCUT2D eigenvalue weighted by Crippen LogP contribution is 2.22. The molecule has 0 atom stereocenters. The molecule has 144 valence electrons.